The highest BCUT2D eigenvalue weighted by molar-refractivity contribution is 6.04. The standard InChI is InChI=1S/C9H8N2O3/c12-6-3-1-5(2-4-6)7-8(13)11-9(14)10-7/h1-4,7,12H,(H2,10,11,13,14)/p-1. The number of imide groups is 1. The zero-order chi connectivity index (χ0) is 10.1. The molecular formula is C9H7N2O3-. The Hall–Kier alpha value is -2.04. The van der Waals surface area contributed by atoms with Crippen LogP contribution < -0.4 is 15.7 Å². The molecule has 1 saturated heterocycles. The molecule has 0 radical (unpaired) electrons. The summed E-state index contributed by atoms with van der Waals surface area (Å²) in [6.07, 6.45) is 0. The van der Waals surface area contributed by atoms with Crippen LogP contribution >= 0.6 is 0 Å². The van der Waals surface area contributed by atoms with Gasteiger partial charge < -0.3 is 10.4 Å². The van der Waals surface area contributed by atoms with Gasteiger partial charge >= 0.3 is 6.03 Å². The molecule has 5 nitrogen and oxygen atoms in total. The third kappa shape index (κ3) is 1.39. The molecule has 1 aromatic carbocycles. The van der Waals surface area contributed by atoms with Crippen molar-refractivity contribution in [3.8, 4) is 5.75 Å². The van der Waals surface area contributed by atoms with E-state index >= 15 is 0 Å². The Morgan fingerprint density at radius 3 is 2.29 bits per heavy atom. The van der Waals surface area contributed by atoms with Crippen LogP contribution in [-0.4, -0.2) is 11.9 Å². The Morgan fingerprint density at radius 1 is 1.14 bits per heavy atom. The predicted molar refractivity (Wildman–Crippen MR) is 45.3 cm³/mol. The number of amides is 3. The van der Waals surface area contributed by atoms with Crippen molar-refractivity contribution in [1.82, 2.24) is 10.6 Å². The Kier molecular flexibility index (Phi) is 1.85. The van der Waals surface area contributed by atoms with Crippen molar-refractivity contribution in [3.63, 3.8) is 0 Å². The molecule has 72 valence electrons. The summed E-state index contributed by atoms with van der Waals surface area (Å²) in [5, 5.41) is 15.3. The van der Waals surface area contributed by atoms with Gasteiger partial charge in [0.1, 0.15) is 6.04 Å². The van der Waals surface area contributed by atoms with Crippen molar-refractivity contribution >= 4 is 11.9 Å². The molecule has 2 N–H and O–H groups in total. The fraction of sp³-hybridized carbons (Fsp3) is 0.111. The van der Waals surface area contributed by atoms with Crippen LogP contribution in [0.4, 0.5) is 4.79 Å². The molecule has 1 unspecified atom stereocenters. The quantitative estimate of drug-likeness (QED) is 0.595. The summed E-state index contributed by atoms with van der Waals surface area (Å²) in [6, 6.07) is 4.57. The van der Waals surface area contributed by atoms with Gasteiger partial charge in [-0.2, -0.15) is 0 Å². The van der Waals surface area contributed by atoms with Crippen LogP contribution in [0.1, 0.15) is 11.6 Å². The molecule has 0 bridgehead atoms. The first kappa shape index (κ1) is 8.55. The van der Waals surface area contributed by atoms with Crippen LogP contribution in [0.3, 0.4) is 0 Å². The lowest BCUT2D eigenvalue weighted by molar-refractivity contribution is -0.268. The molecule has 1 aliphatic rings. The third-order valence-electron chi connectivity index (χ3n) is 1.99. The number of carbonyl (C=O) groups is 2. The van der Waals surface area contributed by atoms with Crippen molar-refractivity contribution in [2.24, 2.45) is 0 Å². The van der Waals surface area contributed by atoms with Crippen molar-refractivity contribution in [2.45, 2.75) is 6.04 Å². The molecule has 2 rings (SSSR count). The Morgan fingerprint density at radius 2 is 1.79 bits per heavy atom. The minimum absolute atomic E-state index is 0.126. The van der Waals surface area contributed by atoms with Gasteiger partial charge in [-0.1, -0.05) is 24.3 Å². The average Bonchev–Trinajstić information content (AvgIpc) is 2.47. The maximum absolute atomic E-state index is 11.2. The number of nitrogens with one attached hydrogen (secondary N) is 2. The lowest BCUT2D eigenvalue weighted by Gasteiger charge is -2.09. The molecule has 1 aromatic rings. The van der Waals surface area contributed by atoms with Crippen molar-refractivity contribution in [3.05, 3.63) is 29.8 Å². The van der Waals surface area contributed by atoms with Crippen LogP contribution in [0.25, 0.3) is 0 Å². The van der Waals surface area contributed by atoms with Crippen LogP contribution in [0.5, 0.6) is 5.75 Å². The molecule has 3 amide bonds. The van der Waals surface area contributed by atoms with Crippen LogP contribution in [0, 0.1) is 0 Å². The first-order valence-electron chi connectivity index (χ1n) is 4.05. The van der Waals surface area contributed by atoms with E-state index in [0.29, 0.717) is 5.56 Å². The summed E-state index contributed by atoms with van der Waals surface area (Å²) in [6.45, 7) is 0. The monoisotopic (exact) mass is 191 g/mol. The van der Waals surface area contributed by atoms with E-state index in [1.54, 1.807) is 0 Å². The molecule has 0 spiro atoms. The summed E-state index contributed by atoms with van der Waals surface area (Å²) in [4.78, 5) is 22.0. The maximum Gasteiger partial charge on any atom is 0.322 e. The number of benzene rings is 1. The van der Waals surface area contributed by atoms with E-state index in [4.69, 9.17) is 0 Å². The van der Waals surface area contributed by atoms with Crippen LogP contribution in [0.2, 0.25) is 0 Å². The van der Waals surface area contributed by atoms with Crippen molar-refractivity contribution < 1.29 is 14.7 Å². The van der Waals surface area contributed by atoms with Crippen molar-refractivity contribution in [1.29, 1.82) is 0 Å². The molecule has 1 fully saturated rings. The van der Waals surface area contributed by atoms with Gasteiger partial charge in [0, 0.05) is 0 Å². The minimum Gasteiger partial charge on any atom is -0.872 e. The lowest BCUT2D eigenvalue weighted by atomic mass is 10.1. The molecular weight excluding hydrogens is 184 g/mol. The second kappa shape index (κ2) is 3.02. The van der Waals surface area contributed by atoms with E-state index in [1.165, 1.54) is 24.3 Å². The minimum atomic E-state index is -0.678. The Bertz CT molecular complexity index is 386. The van der Waals surface area contributed by atoms with Gasteiger partial charge in [-0.25, -0.2) is 4.79 Å². The fourth-order valence-corrected chi connectivity index (χ4v) is 1.31. The molecule has 14 heavy (non-hydrogen) atoms. The molecule has 1 aliphatic heterocycles. The van der Waals surface area contributed by atoms with E-state index in [0.717, 1.165) is 0 Å². The van der Waals surface area contributed by atoms with E-state index in [9.17, 15) is 14.7 Å². The third-order valence-corrected chi connectivity index (χ3v) is 1.99. The highest BCUT2D eigenvalue weighted by atomic mass is 16.3. The summed E-state index contributed by atoms with van der Waals surface area (Å²) in [7, 11) is 0. The topological polar surface area (TPSA) is 81.3 Å². The predicted octanol–water partition coefficient (Wildman–Crippen LogP) is -0.359. The normalized spacial score (nSPS) is 20.4. The summed E-state index contributed by atoms with van der Waals surface area (Å²) >= 11 is 0. The molecule has 0 aliphatic carbocycles. The fourth-order valence-electron chi connectivity index (χ4n) is 1.31. The molecule has 0 saturated carbocycles. The molecule has 1 atom stereocenters. The summed E-state index contributed by atoms with van der Waals surface area (Å²) in [5.74, 6) is -0.521. The molecule has 1 heterocycles. The maximum atomic E-state index is 11.2. The van der Waals surface area contributed by atoms with Gasteiger partial charge in [-0.3, -0.25) is 10.1 Å². The van der Waals surface area contributed by atoms with E-state index in [-0.39, 0.29) is 5.75 Å². The summed E-state index contributed by atoms with van der Waals surface area (Å²) < 4.78 is 0. The Labute approximate surface area is 79.7 Å². The van der Waals surface area contributed by atoms with Gasteiger partial charge in [0.2, 0.25) is 0 Å². The average molecular weight is 191 g/mol. The highest BCUT2D eigenvalue weighted by Gasteiger charge is 2.30. The number of hydrogen-bond acceptors (Lipinski definition) is 3. The van der Waals surface area contributed by atoms with Gasteiger partial charge in [0.05, 0.1) is 0 Å². The zero-order valence-electron chi connectivity index (χ0n) is 7.11. The second-order valence-corrected chi connectivity index (χ2v) is 2.96. The SMILES string of the molecule is O=C1NC(=O)C(c2ccc([O-])cc2)N1. The lowest BCUT2D eigenvalue weighted by Crippen LogP contribution is -2.22. The van der Waals surface area contributed by atoms with Gasteiger partial charge in [-0.15, -0.1) is 5.75 Å². The zero-order valence-corrected chi connectivity index (χ0v) is 7.11. The first-order chi connectivity index (χ1) is 6.66. The first-order valence-corrected chi connectivity index (χ1v) is 4.05. The van der Waals surface area contributed by atoms with E-state index < -0.39 is 18.0 Å². The number of carbonyl (C=O) groups excluding carboxylic acids is 2. The summed E-state index contributed by atoms with van der Waals surface area (Å²) in [5.41, 5.74) is 0.605. The van der Waals surface area contributed by atoms with E-state index in [2.05, 4.69) is 10.6 Å². The molecule has 5 heteroatoms. The largest absolute Gasteiger partial charge is 0.872 e. The van der Waals surface area contributed by atoms with Crippen LogP contribution in [-0.2, 0) is 4.79 Å². The smallest absolute Gasteiger partial charge is 0.322 e. The van der Waals surface area contributed by atoms with Crippen LogP contribution in [0.15, 0.2) is 24.3 Å². The Balaban J connectivity index is 2.27. The number of urea groups is 1. The number of rotatable bonds is 1. The highest BCUT2D eigenvalue weighted by Crippen LogP contribution is 2.17. The second-order valence-electron chi connectivity index (χ2n) is 2.96. The van der Waals surface area contributed by atoms with E-state index in [1.807, 2.05) is 0 Å². The van der Waals surface area contributed by atoms with Gasteiger partial charge in [-0.05, 0) is 5.56 Å². The molecule has 0 aromatic heterocycles. The van der Waals surface area contributed by atoms with Crippen molar-refractivity contribution in [2.75, 3.05) is 0 Å². The number of hydrogen-bond donors (Lipinski definition) is 2. The van der Waals surface area contributed by atoms with Gasteiger partial charge in [0.15, 0.2) is 0 Å². The van der Waals surface area contributed by atoms with Gasteiger partial charge in [0.25, 0.3) is 5.91 Å².